The second-order valence-electron chi connectivity index (χ2n) is 10.8. The average molecular weight is 531 g/mol. The largest absolute Gasteiger partial charge is 0.416 e. The molecular weight excluding hydrogens is 501 g/mol. The lowest BCUT2D eigenvalue weighted by atomic mass is 9.83. The summed E-state index contributed by atoms with van der Waals surface area (Å²) in [6.07, 6.45) is 2.75. The summed E-state index contributed by atoms with van der Waals surface area (Å²) in [5.74, 6) is 2.51. The highest BCUT2D eigenvalue weighted by Crippen LogP contribution is 2.42. The van der Waals surface area contributed by atoms with Crippen LogP contribution in [0.4, 0.5) is 19.0 Å². The molecule has 6 rings (SSSR count). The van der Waals surface area contributed by atoms with Crippen LogP contribution in [0, 0.1) is 24.2 Å². The van der Waals surface area contributed by atoms with Gasteiger partial charge in [0.1, 0.15) is 17.4 Å². The van der Waals surface area contributed by atoms with Crippen LogP contribution in [0.1, 0.15) is 72.5 Å². The highest BCUT2D eigenvalue weighted by molar-refractivity contribution is 5.87. The van der Waals surface area contributed by atoms with Gasteiger partial charge < -0.3 is 9.88 Å². The monoisotopic (exact) mass is 530 g/mol. The Bertz CT molecular complexity index is 1560. The Labute approximate surface area is 224 Å². The first-order valence-corrected chi connectivity index (χ1v) is 13.5. The maximum absolute atomic E-state index is 13.2. The van der Waals surface area contributed by atoms with E-state index in [2.05, 4.69) is 33.5 Å². The predicted octanol–water partition coefficient (Wildman–Crippen LogP) is 7.22. The zero-order chi connectivity index (χ0) is 27.1. The lowest BCUT2D eigenvalue weighted by Crippen LogP contribution is -2.17. The first kappa shape index (κ1) is 25.4. The van der Waals surface area contributed by atoms with Gasteiger partial charge in [-0.3, -0.25) is 0 Å². The zero-order valence-electron chi connectivity index (χ0n) is 21.7. The molecule has 0 radical (unpaired) electrons. The number of aryl methyl sites for hydroxylation is 1. The molecule has 0 spiro atoms. The molecule has 2 fully saturated rings. The molecular formula is C30H29F3N6. The molecule has 200 valence electrons. The average Bonchev–Trinajstić information content (AvgIpc) is 3.67. The third-order valence-electron chi connectivity index (χ3n) is 7.93. The smallest absolute Gasteiger partial charge is 0.368 e. The van der Waals surface area contributed by atoms with Crippen LogP contribution in [0.25, 0.3) is 22.6 Å². The minimum absolute atomic E-state index is 0.0279. The molecule has 2 saturated carbocycles. The van der Waals surface area contributed by atoms with Crippen molar-refractivity contribution in [1.82, 2.24) is 19.5 Å². The number of rotatable bonds is 8. The van der Waals surface area contributed by atoms with Crippen molar-refractivity contribution in [2.45, 2.75) is 64.1 Å². The van der Waals surface area contributed by atoms with Crippen LogP contribution in [-0.2, 0) is 12.7 Å². The van der Waals surface area contributed by atoms with Crippen molar-refractivity contribution >= 4 is 17.0 Å². The van der Waals surface area contributed by atoms with E-state index in [1.54, 1.807) is 0 Å². The number of anilines is 1. The summed E-state index contributed by atoms with van der Waals surface area (Å²) in [5, 5.41) is 13.0. The number of imidazole rings is 1. The molecule has 2 aromatic carbocycles. The maximum Gasteiger partial charge on any atom is 0.416 e. The number of fused-ring (bicyclic) bond motifs is 1. The van der Waals surface area contributed by atoms with E-state index in [4.69, 9.17) is 4.98 Å². The molecule has 1 N–H and O–H groups in total. The highest BCUT2D eigenvalue weighted by Gasteiger charge is 2.30. The molecule has 0 unspecified atom stereocenters. The Kier molecular flexibility index (Phi) is 6.49. The van der Waals surface area contributed by atoms with Gasteiger partial charge in [-0.15, -0.1) is 0 Å². The fourth-order valence-corrected chi connectivity index (χ4v) is 5.34. The molecule has 4 aromatic rings. The zero-order valence-corrected chi connectivity index (χ0v) is 21.7. The van der Waals surface area contributed by atoms with Gasteiger partial charge in [-0.1, -0.05) is 49.6 Å². The molecule has 2 heterocycles. The van der Waals surface area contributed by atoms with E-state index < -0.39 is 11.7 Å². The predicted molar refractivity (Wildman–Crippen MR) is 143 cm³/mol. The van der Waals surface area contributed by atoms with E-state index in [1.165, 1.54) is 49.8 Å². The molecule has 0 saturated heterocycles. The third-order valence-corrected chi connectivity index (χ3v) is 7.93. The summed E-state index contributed by atoms with van der Waals surface area (Å²) in [5.41, 5.74) is 4.34. The minimum atomic E-state index is -4.40. The van der Waals surface area contributed by atoms with Crippen LogP contribution in [0.3, 0.4) is 0 Å². The number of nitriles is 1. The Balaban J connectivity index is 1.45. The maximum atomic E-state index is 13.2. The van der Waals surface area contributed by atoms with Crippen molar-refractivity contribution < 1.29 is 13.2 Å². The summed E-state index contributed by atoms with van der Waals surface area (Å²) in [6.45, 7) is 3.03. The first-order chi connectivity index (χ1) is 18.8. The number of aromatic nitrogens is 4. The number of benzene rings is 2. The van der Waals surface area contributed by atoms with Gasteiger partial charge in [-0.2, -0.15) is 28.4 Å². The van der Waals surface area contributed by atoms with Crippen LogP contribution < -0.4 is 5.32 Å². The van der Waals surface area contributed by atoms with Crippen molar-refractivity contribution in [2.24, 2.45) is 5.92 Å². The van der Waals surface area contributed by atoms with Gasteiger partial charge in [0.2, 0.25) is 5.82 Å². The molecule has 39 heavy (non-hydrogen) atoms. The van der Waals surface area contributed by atoms with Crippen molar-refractivity contribution in [3.8, 4) is 17.5 Å². The van der Waals surface area contributed by atoms with Crippen LogP contribution in [0.15, 0.2) is 42.5 Å². The number of halogens is 3. The van der Waals surface area contributed by atoms with E-state index in [1.807, 2.05) is 17.6 Å². The van der Waals surface area contributed by atoms with E-state index in [0.29, 0.717) is 46.8 Å². The van der Waals surface area contributed by atoms with Crippen LogP contribution in [0.5, 0.6) is 0 Å². The fourth-order valence-electron chi connectivity index (χ4n) is 5.34. The molecule has 2 aliphatic rings. The molecule has 6 nitrogen and oxygen atoms in total. The Morgan fingerprint density at radius 3 is 2.41 bits per heavy atom. The Morgan fingerprint density at radius 1 is 1.03 bits per heavy atom. The second-order valence-corrected chi connectivity index (χ2v) is 10.8. The van der Waals surface area contributed by atoms with Gasteiger partial charge >= 0.3 is 6.18 Å². The Hall–Kier alpha value is -3.93. The minimum Gasteiger partial charge on any atom is -0.368 e. The van der Waals surface area contributed by atoms with Crippen LogP contribution in [0.2, 0.25) is 0 Å². The molecule has 2 aliphatic carbocycles. The van der Waals surface area contributed by atoms with Crippen molar-refractivity contribution in [2.75, 3.05) is 11.9 Å². The summed E-state index contributed by atoms with van der Waals surface area (Å²) >= 11 is 0. The summed E-state index contributed by atoms with van der Waals surface area (Å²) in [7, 11) is 0. The van der Waals surface area contributed by atoms with Gasteiger partial charge in [0.25, 0.3) is 0 Å². The van der Waals surface area contributed by atoms with E-state index in [-0.39, 0.29) is 12.4 Å². The topological polar surface area (TPSA) is 79.4 Å². The summed E-state index contributed by atoms with van der Waals surface area (Å²) < 4.78 is 41.5. The van der Waals surface area contributed by atoms with Crippen LogP contribution >= 0.6 is 0 Å². The van der Waals surface area contributed by atoms with Crippen molar-refractivity contribution in [1.29, 1.82) is 5.26 Å². The molecule has 2 aromatic heterocycles. The molecule has 9 heteroatoms. The van der Waals surface area contributed by atoms with Crippen molar-refractivity contribution in [3.05, 3.63) is 70.5 Å². The van der Waals surface area contributed by atoms with Gasteiger partial charge in [0.05, 0.1) is 5.56 Å². The van der Waals surface area contributed by atoms with Gasteiger partial charge in [-0.05, 0) is 66.8 Å². The number of nitrogens with zero attached hydrogens (tertiary/aromatic N) is 5. The van der Waals surface area contributed by atoms with Gasteiger partial charge in [0, 0.05) is 18.7 Å². The normalized spacial score (nSPS) is 15.8. The summed E-state index contributed by atoms with van der Waals surface area (Å²) in [4.78, 5) is 13.8. The van der Waals surface area contributed by atoms with Crippen LogP contribution in [-0.4, -0.2) is 26.1 Å². The lowest BCUT2D eigenvalue weighted by Gasteiger charge is -2.25. The molecule has 0 atom stereocenters. The first-order valence-electron chi connectivity index (χ1n) is 13.5. The Morgan fingerprint density at radius 2 is 1.79 bits per heavy atom. The number of nitrogens with one attached hydrogen (secondary N) is 1. The standard InChI is InChI=1S/C30H29F3N6/c1-18-15-22(21-7-8-21)9-12-24(18)29-38-28-26(39(29)17-20-5-10-23(11-6-20)30(31,32)33)27(36-25(16-34)37-28)35-14-13-19-3-2-4-19/h5-6,9-12,15,19,21H,2-4,7-8,13-14,17H2,1H3,(H,35,36,37). The lowest BCUT2D eigenvalue weighted by molar-refractivity contribution is -0.137. The van der Waals surface area contributed by atoms with E-state index >= 15 is 0 Å². The van der Waals surface area contributed by atoms with E-state index in [0.717, 1.165) is 29.7 Å². The fraction of sp³-hybridized carbons (Fsp3) is 0.400. The third kappa shape index (κ3) is 5.20. The SMILES string of the molecule is Cc1cc(C2CC2)ccc1-c1nc2nc(C#N)nc(NCCC3CCC3)c2n1Cc1ccc(C(F)(F)F)cc1. The van der Waals surface area contributed by atoms with Crippen molar-refractivity contribution in [3.63, 3.8) is 0 Å². The molecule has 0 amide bonds. The summed E-state index contributed by atoms with van der Waals surface area (Å²) in [6, 6.07) is 13.6. The van der Waals surface area contributed by atoms with Gasteiger partial charge in [0.15, 0.2) is 11.5 Å². The molecule has 0 bridgehead atoms. The quantitative estimate of drug-likeness (QED) is 0.260. The second kappa shape index (κ2) is 9.99. The highest BCUT2D eigenvalue weighted by atomic mass is 19.4. The van der Waals surface area contributed by atoms with Gasteiger partial charge in [-0.25, -0.2) is 4.98 Å². The number of hydrogen-bond donors (Lipinski definition) is 1. The number of alkyl halides is 3. The van der Waals surface area contributed by atoms with E-state index in [9.17, 15) is 18.4 Å². The molecule has 0 aliphatic heterocycles. The number of hydrogen-bond acceptors (Lipinski definition) is 5.